The number of thiazole rings is 1. The van der Waals surface area contributed by atoms with Gasteiger partial charge in [-0.2, -0.15) is 5.26 Å². The van der Waals surface area contributed by atoms with Gasteiger partial charge < -0.3 is 14.8 Å². The molecule has 0 unspecified atom stereocenters. The molecule has 0 aliphatic heterocycles. The smallest absolute Gasteiger partial charge is 0.348 e. The molecule has 2 heterocycles. The quantitative estimate of drug-likeness (QED) is 0.144. The van der Waals surface area contributed by atoms with Crippen LogP contribution >= 0.6 is 22.7 Å². The molecule has 0 aliphatic carbocycles. The van der Waals surface area contributed by atoms with E-state index < -0.39 is 11.9 Å². The van der Waals surface area contributed by atoms with Crippen LogP contribution < -0.4 is 5.32 Å². The molecule has 4 aromatic rings. The fourth-order valence-electron chi connectivity index (χ4n) is 3.62. The topological polar surface area (TPSA) is 101 Å². The molecule has 0 fully saturated rings. The third-order valence-corrected chi connectivity index (χ3v) is 7.47. The zero-order chi connectivity index (χ0) is 26.4. The minimum Gasteiger partial charge on any atom is -0.462 e. The largest absolute Gasteiger partial charge is 0.462 e. The van der Waals surface area contributed by atoms with Crippen molar-refractivity contribution in [2.45, 2.75) is 13.8 Å². The van der Waals surface area contributed by atoms with E-state index in [0.29, 0.717) is 15.6 Å². The molecular formula is C28H23N3O4S2. The lowest BCUT2D eigenvalue weighted by atomic mass is 10.1. The number of rotatable bonds is 9. The van der Waals surface area contributed by atoms with Gasteiger partial charge in [0.05, 0.1) is 17.9 Å². The van der Waals surface area contributed by atoms with Gasteiger partial charge in [-0.25, -0.2) is 14.6 Å². The van der Waals surface area contributed by atoms with Crippen molar-refractivity contribution in [1.29, 1.82) is 5.26 Å². The van der Waals surface area contributed by atoms with Crippen LogP contribution in [-0.4, -0.2) is 30.1 Å². The molecule has 0 saturated carbocycles. The summed E-state index contributed by atoms with van der Waals surface area (Å²) in [5.41, 5.74) is 2.67. The molecule has 7 nitrogen and oxygen atoms in total. The summed E-state index contributed by atoms with van der Waals surface area (Å²) in [6.45, 7) is 7.13. The second kappa shape index (κ2) is 11.6. The van der Waals surface area contributed by atoms with Crippen molar-refractivity contribution in [3.05, 3.63) is 87.7 Å². The van der Waals surface area contributed by atoms with Crippen molar-refractivity contribution in [2.24, 2.45) is 0 Å². The van der Waals surface area contributed by atoms with Crippen LogP contribution in [0.25, 0.3) is 27.6 Å². The maximum Gasteiger partial charge on any atom is 0.348 e. The van der Waals surface area contributed by atoms with E-state index in [1.807, 2.05) is 35.7 Å². The molecule has 9 heteroatoms. The van der Waals surface area contributed by atoms with Crippen molar-refractivity contribution in [1.82, 2.24) is 4.98 Å². The number of anilines is 1. The first-order chi connectivity index (χ1) is 18.0. The Labute approximate surface area is 222 Å². The van der Waals surface area contributed by atoms with Crippen LogP contribution in [0.1, 0.15) is 37.5 Å². The maximum atomic E-state index is 12.7. The zero-order valence-corrected chi connectivity index (χ0v) is 21.9. The van der Waals surface area contributed by atoms with E-state index in [0.717, 1.165) is 33.4 Å². The Morgan fingerprint density at radius 2 is 1.95 bits per heavy atom. The standard InChI is InChI=1S/C28H23N3O4S2/c1-4-12-35-28(33)24-17(3)23(27(32)34-5-2)26(37-24)30-15-21(14-29)25-31-22(16-36-25)20-11-10-18-8-6-7-9-19(18)13-20/h4,6-11,13,15-16,30H,1,5,12H2,2-3H3/b21-15-. The number of hydrogen-bond donors (Lipinski definition) is 1. The number of nitrogens with zero attached hydrogens (tertiary/aromatic N) is 2. The fraction of sp³-hybridized carbons (Fsp3) is 0.143. The lowest BCUT2D eigenvalue weighted by Crippen LogP contribution is -2.09. The molecule has 37 heavy (non-hydrogen) atoms. The summed E-state index contributed by atoms with van der Waals surface area (Å²) in [4.78, 5) is 30.1. The van der Waals surface area contributed by atoms with Crippen LogP contribution in [0.3, 0.4) is 0 Å². The van der Waals surface area contributed by atoms with Crippen LogP contribution in [-0.2, 0) is 9.47 Å². The number of carbonyl (C=O) groups excluding carboxylic acids is 2. The number of fused-ring (bicyclic) bond motifs is 1. The molecule has 0 saturated heterocycles. The van der Waals surface area contributed by atoms with E-state index in [4.69, 9.17) is 9.47 Å². The predicted octanol–water partition coefficient (Wildman–Crippen LogP) is 6.83. The highest BCUT2D eigenvalue weighted by Gasteiger charge is 2.26. The zero-order valence-electron chi connectivity index (χ0n) is 20.2. The second-order valence-corrected chi connectivity index (χ2v) is 9.66. The molecule has 1 N–H and O–H groups in total. The summed E-state index contributed by atoms with van der Waals surface area (Å²) in [5, 5.41) is 17.9. The van der Waals surface area contributed by atoms with Gasteiger partial charge in [0.25, 0.3) is 0 Å². The lowest BCUT2D eigenvalue weighted by molar-refractivity contribution is 0.0527. The van der Waals surface area contributed by atoms with Crippen molar-refractivity contribution in [3.63, 3.8) is 0 Å². The van der Waals surface area contributed by atoms with Gasteiger partial charge in [0, 0.05) is 17.1 Å². The number of carbonyl (C=O) groups is 2. The van der Waals surface area contributed by atoms with Gasteiger partial charge in [-0.15, -0.1) is 22.7 Å². The van der Waals surface area contributed by atoms with Gasteiger partial charge in [0.1, 0.15) is 33.1 Å². The van der Waals surface area contributed by atoms with Crippen LogP contribution in [0.15, 0.2) is 66.7 Å². The van der Waals surface area contributed by atoms with Gasteiger partial charge in [0.15, 0.2) is 0 Å². The summed E-state index contributed by atoms with van der Waals surface area (Å²) in [6, 6.07) is 16.3. The fourth-order valence-corrected chi connectivity index (χ4v) is 5.47. The molecule has 0 atom stereocenters. The molecule has 2 aromatic carbocycles. The number of nitriles is 1. The molecular weight excluding hydrogens is 506 g/mol. The number of esters is 2. The van der Waals surface area contributed by atoms with Gasteiger partial charge >= 0.3 is 11.9 Å². The maximum absolute atomic E-state index is 12.7. The molecule has 0 aliphatic rings. The number of benzene rings is 2. The highest BCUT2D eigenvalue weighted by Crippen LogP contribution is 2.35. The Morgan fingerprint density at radius 3 is 2.68 bits per heavy atom. The molecule has 0 radical (unpaired) electrons. The first kappa shape index (κ1) is 25.8. The van der Waals surface area contributed by atoms with Crippen molar-refractivity contribution in [2.75, 3.05) is 18.5 Å². The van der Waals surface area contributed by atoms with E-state index in [1.165, 1.54) is 23.6 Å². The average Bonchev–Trinajstić information content (AvgIpc) is 3.52. The normalized spacial score (nSPS) is 11.1. The first-order valence-electron chi connectivity index (χ1n) is 11.4. The number of nitrogens with one attached hydrogen (secondary N) is 1. The Hall–Kier alpha value is -4.26. The summed E-state index contributed by atoms with van der Waals surface area (Å²) < 4.78 is 10.3. The summed E-state index contributed by atoms with van der Waals surface area (Å²) in [5.74, 6) is -1.13. The van der Waals surface area contributed by atoms with Gasteiger partial charge in [-0.3, -0.25) is 0 Å². The van der Waals surface area contributed by atoms with Crippen LogP contribution in [0.2, 0.25) is 0 Å². The van der Waals surface area contributed by atoms with E-state index in [-0.39, 0.29) is 29.2 Å². The summed E-state index contributed by atoms with van der Waals surface area (Å²) in [7, 11) is 0. The Morgan fingerprint density at radius 1 is 1.16 bits per heavy atom. The highest BCUT2D eigenvalue weighted by molar-refractivity contribution is 7.18. The van der Waals surface area contributed by atoms with Crippen LogP contribution in [0.5, 0.6) is 0 Å². The summed E-state index contributed by atoms with van der Waals surface area (Å²) >= 11 is 2.40. The number of thiophene rings is 1. The van der Waals surface area contributed by atoms with Crippen molar-refractivity contribution < 1.29 is 19.1 Å². The van der Waals surface area contributed by atoms with E-state index in [1.54, 1.807) is 13.8 Å². The molecule has 0 amide bonds. The monoisotopic (exact) mass is 529 g/mol. The van der Waals surface area contributed by atoms with E-state index in [2.05, 4.69) is 35.1 Å². The minimum absolute atomic E-state index is 0.0513. The highest BCUT2D eigenvalue weighted by atomic mass is 32.1. The number of ether oxygens (including phenoxy) is 2. The third-order valence-electron chi connectivity index (χ3n) is 5.39. The first-order valence-corrected chi connectivity index (χ1v) is 13.1. The lowest BCUT2D eigenvalue weighted by Gasteiger charge is -2.05. The Kier molecular flexibility index (Phi) is 8.13. The second-order valence-electron chi connectivity index (χ2n) is 7.78. The Bertz CT molecular complexity index is 1560. The number of allylic oxidation sites excluding steroid dienone is 1. The summed E-state index contributed by atoms with van der Waals surface area (Å²) in [6.07, 6.45) is 2.95. The van der Waals surface area contributed by atoms with Crippen molar-refractivity contribution in [3.8, 4) is 17.3 Å². The Balaban J connectivity index is 1.63. The SMILES string of the molecule is C=CCOC(=O)c1sc(N/C=C(/C#N)c2nc(-c3ccc4ccccc4c3)cs2)c(C(=O)OCC)c1C. The predicted molar refractivity (Wildman–Crippen MR) is 148 cm³/mol. The minimum atomic E-state index is -0.568. The molecule has 0 spiro atoms. The molecule has 186 valence electrons. The third kappa shape index (κ3) is 5.61. The average molecular weight is 530 g/mol. The van der Waals surface area contributed by atoms with Crippen LogP contribution in [0, 0.1) is 18.3 Å². The van der Waals surface area contributed by atoms with E-state index >= 15 is 0 Å². The van der Waals surface area contributed by atoms with Gasteiger partial charge in [-0.1, -0.05) is 49.1 Å². The number of hydrogen-bond acceptors (Lipinski definition) is 9. The molecule has 4 rings (SSSR count). The molecule has 0 bridgehead atoms. The van der Waals surface area contributed by atoms with Gasteiger partial charge in [0.2, 0.25) is 0 Å². The van der Waals surface area contributed by atoms with E-state index in [9.17, 15) is 14.9 Å². The van der Waals surface area contributed by atoms with Gasteiger partial charge in [-0.05, 0) is 36.2 Å². The molecule has 2 aromatic heterocycles. The van der Waals surface area contributed by atoms with Crippen molar-refractivity contribution >= 4 is 56.0 Å². The number of aromatic nitrogens is 1. The van der Waals surface area contributed by atoms with Crippen LogP contribution in [0.4, 0.5) is 5.00 Å².